The SMILES string of the molecule is Cc1cccc2c(OCc3ccccc3)cc3c(c12)C(CCl)CN3C(=O)c1cc2ccc(NC(=O)OC(C)(C)C)cn2c1. The van der Waals surface area contributed by atoms with E-state index < -0.39 is 11.7 Å². The van der Waals surface area contributed by atoms with Crippen LogP contribution >= 0.6 is 11.6 Å². The number of carbonyl (C=O) groups excluding carboxylic acids is 2. The highest BCUT2D eigenvalue weighted by Gasteiger charge is 2.36. The molecule has 0 saturated carbocycles. The first-order valence-corrected chi connectivity index (χ1v) is 14.9. The van der Waals surface area contributed by atoms with Gasteiger partial charge in [0, 0.05) is 47.7 Å². The standard InChI is InChI=1S/C35H34ClN3O4/c1-22-9-8-12-28-30(42-21-23-10-6-5-7-11-23)16-29-32(31(22)28)25(17-36)19-39(29)33(40)24-15-27-14-13-26(20-38(27)18-24)37-34(41)43-35(2,3)4/h5-16,18,20,25H,17,19,21H2,1-4H3,(H,37,41). The molecule has 0 radical (unpaired) electrons. The third kappa shape index (κ3) is 5.77. The molecule has 0 aliphatic carbocycles. The lowest BCUT2D eigenvalue weighted by Crippen LogP contribution is -2.29. The first kappa shape index (κ1) is 28.6. The Balaban J connectivity index is 1.35. The second-order valence-corrected chi connectivity index (χ2v) is 12.3. The number of aryl methyl sites for hydroxylation is 1. The van der Waals surface area contributed by atoms with Crippen LogP contribution < -0.4 is 15.0 Å². The maximum atomic E-state index is 14.1. The molecule has 8 heteroatoms. The van der Waals surface area contributed by atoms with Crippen LogP contribution in [0.1, 0.15) is 53.7 Å². The Morgan fingerprint density at radius 1 is 1.00 bits per heavy atom. The Morgan fingerprint density at radius 2 is 1.79 bits per heavy atom. The number of hydrogen-bond donors (Lipinski definition) is 1. The summed E-state index contributed by atoms with van der Waals surface area (Å²) in [6.45, 7) is 8.41. The number of alkyl halides is 1. The molecule has 0 bridgehead atoms. The van der Waals surface area contributed by atoms with Gasteiger partial charge in [-0.2, -0.15) is 0 Å². The van der Waals surface area contributed by atoms with Gasteiger partial charge in [0.15, 0.2) is 0 Å². The van der Waals surface area contributed by atoms with Crippen LogP contribution in [0.5, 0.6) is 5.75 Å². The Bertz CT molecular complexity index is 1840. The minimum atomic E-state index is -0.607. The molecule has 0 spiro atoms. The first-order valence-electron chi connectivity index (χ1n) is 14.3. The van der Waals surface area contributed by atoms with Crippen molar-refractivity contribution in [3.63, 3.8) is 0 Å². The van der Waals surface area contributed by atoms with E-state index in [4.69, 9.17) is 21.1 Å². The van der Waals surface area contributed by atoms with E-state index in [1.807, 2.05) is 84.7 Å². The van der Waals surface area contributed by atoms with Crippen LogP contribution in [0.3, 0.4) is 0 Å². The van der Waals surface area contributed by atoms with E-state index in [1.54, 1.807) is 18.5 Å². The summed E-state index contributed by atoms with van der Waals surface area (Å²) in [6, 6.07) is 23.7. The minimum Gasteiger partial charge on any atom is -0.488 e. The Hall–Kier alpha value is -4.49. The number of aromatic nitrogens is 1. The van der Waals surface area contributed by atoms with Crippen LogP contribution in [-0.4, -0.2) is 34.4 Å². The van der Waals surface area contributed by atoms with E-state index in [0.29, 0.717) is 30.3 Å². The normalized spacial score (nSPS) is 14.6. The van der Waals surface area contributed by atoms with Crippen LogP contribution in [0.2, 0.25) is 0 Å². The number of halogens is 1. The van der Waals surface area contributed by atoms with E-state index in [1.165, 1.54) is 0 Å². The molecule has 2 amide bonds. The third-order valence-electron chi connectivity index (χ3n) is 7.61. The Kier molecular flexibility index (Phi) is 7.52. The number of anilines is 2. The van der Waals surface area contributed by atoms with Crippen molar-refractivity contribution in [3.8, 4) is 5.75 Å². The average Bonchev–Trinajstić information content (AvgIpc) is 3.56. The summed E-state index contributed by atoms with van der Waals surface area (Å²) in [5.74, 6) is 0.978. The van der Waals surface area contributed by atoms with E-state index in [0.717, 1.165) is 44.4 Å². The molecule has 1 aliphatic heterocycles. The minimum absolute atomic E-state index is 0.0194. The fourth-order valence-electron chi connectivity index (χ4n) is 5.74. The number of amides is 2. The highest BCUT2D eigenvalue weighted by Crippen LogP contribution is 2.47. The molecular formula is C35H34ClN3O4. The van der Waals surface area contributed by atoms with E-state index in [2.05, 4.69) is 24.4 Å². The van der Waals surface area contributed by atoms with Crippen molar-refractivity contribution in [2.75, 3.05) is 22.6 Å². The molecule has 0 fully saturated rings. The predicted molar refractivity (Wildman–Crippen MR) is 172 cm³/mol. The number of nitrogens with zero attached hydrogens (tertiary/aromatic N) is 2. The van der Waals surface area contributed by atoms with Crippen LogP contribution in [0.25, 0.3) is 16.3 Å². The topological polar surface area (TPSA) is 72.3 Å². The molecule has 1 atom stereocenters. The molecule has 2 aromatic heterocycles. The summed E-state index contributed by atoms with van der Waals surface area (Å²) < 4.78 is 13.6. The van der Waals surface area contributed by atoms with Crippen LogP contribution in [0, 0.1) is 6.92 Å². The smallest absolute Gasteiger partial charge is 0.412 e. The summed E-state index contributed by atoms with van der Waals surface area (Å²) in [6.07, 6.45) is 3.01. The van der Waals surface area contributed by atoms with Gasteiger partial charge in [0.05, 0.1) is 16.9 Å². The third-order valence-corrected chi connectivity index (χ3v) is 7.98. The van der Waals surface area contributed by atoms with E-state index >= 15 is 0 Å². The summed E-state index contributed by atoms with van der Waals surface area (Å²) >= 11 is 6.53. The molecule has 220 valence electrons. The quantitative estimate of drug-likeness (QED) is 0.200. The van der Waals surface area contributed by atoms with Gasteiger partial charge in [-0.15, -0.1) is 11.6 Å². The number of nitrogens with one attached hydrogen (secondary N) is 1. The zero-order chi connectivity index (χ0) is 30.3. The number of ether oxygens (including phenoxy) is 2. The van der Waals surface area contributed by atoms with Crippen molar-refractivity contribution >= 4 is 51.3 Å². The fourth-order valence-corrected chi connectivity index (χ4v) is 5.99. The Labute approximate surface area is 256 Å². The number of pyridine rings is 1. The molecule has 1 aliphatic rings. The molecule has 0 saturated heterocycles. The lowest BCUT2D eigenvalue weighted by molar-refractivity contribution is 0.0635. The summed E-state index contributed by atoms with van der Waals surface area (Å²) in [5.41, 5.74) is 5.40. The number of fused-ring (bicyclic) bond motifs is 4. The van der Waals surface area contributed by atoms with Gasteiger partial charge in [0.25, 0.3) is 5.91 Å². The monoisotopic (exact) mass is 595 g/mol. The van der Waals surface area contributed by atoms with E-state index in [9.17, 15) is 9.59 Å². The van der Waals surface area contributed by atoms with Gasteiger partial charge in [-0.05, 0) is 68.0 Å². The molecule has 1 N–H and O–H groups in total. The molecular weight excluding hydrogens is 562 g/mol. The first-order chi connectivity index (χ1) is 20.6. The van der Waals surface area contributed by atoms with Crippen molar-refractivity contribution in [1.82, 2.24) is 4.40 Å². The highest BCUT2D eigenvalue weighted by atomic mass is 35.5. The predicted octanol–water partition coefficient (Wildman–Crippen LogP) is 8.31. The van der Waals surface area contributed by atoms with Crippen LogP contribution in [-0.2, 0) is 11.3 Å². The number of hydrogen-bond acceptors (Lipinski definition) is 4. The van der Waals surface area contributed by atoms with Gasteiger partial charge >= 0.3 is 6.09 Å². The molecule has 7 nitrogen and oxygen atoms in total. The van der Waals surface area contributed by atoms with E-state index in [-0.39, 0.29) is 11.8 Å². The molecule has 43 heavy (non-hydrogen) atoms. The lowest BCUT2D eigenvalue weighted by atomic mass is 9.92. The van der Waals surface area contributed by atoms with Crippen LogP contribution in [0.15, 0.2) is 85.2 Å². The van der Waals surface area contributed by atoms with Crippen molar-refractivity contribution in [3.05, 3.63) is 107 Å². The van der Waals surface area contributed by atoms with Gasteiger partial charge in [0.1, 0.15) is 18.0 Å². The maximum Gasteiger partial charge on any atom is 0.412 e. The number of benzene rings is 3. The average molecular weight is 596 g/mol. The number of carbonyl (C=O) groups is 2. The van der Waals surface area contributed by atoms with Gasteiger partial charge in [0.2, 0.25) is 0 Å². The largest absolute Gasteiger partial charge is 0.488 e. The van der Waals surface area contributed by atoms with Gasteiger partial charge < -0.3 is 18.8 Å². The maximum absolute atomic E-state index is 14.1. The zero-order valence-corrected chi connectivity index (χ0v) is 25.4. The van der Waals surface area contributed by atoms with Gasteiger partial charge in [-0.1, -0.05) is 48.5 Å². The van der Waals surface area contributed by atoms with Crippen molar-refractivity contribution < 1.29 is 19.1 Å². The Morgan fingerprint density at radius 3 is 2.53 bits per heavy atom. The molecule has 1 unspecified atom stereocenters. The number of rotatable bonds is 6. The molecule has 3 heterocycles. The second-order valence-electron chi connectivity index (χ2n) is 12.0. The summed E-state index contributed by atoms with van der Waals surface area (Å²) in [7, 11) is 0. The highest BCUT2D eigenvalue weighted by molar-refractivity contribution is 6.19. The van der Waals surface area contributed by atoms with Crippen molar-refractivity contribution in [1.29, 1.82) is 0 Å². The second kappa shape index (κ2) is 11.3. The van der Waals surface area contributed by atoms with Crippen LogP contribution in [0.4, 0.5) is 16.2 Å². The zero-order valence-electron chi connectivity index (χ0n) is 24.7. The lowest BCUT2D eigenvalue weighted by Gasteiger charge is -2.20. The molecule has 5 aromatic rings. The molecule has 3 aromatic carbocycles. The molecule has 6 rings (SSSR count). The summed E-state index contributed by atoms with van der Waals surface area (Å²) in [5, 5.41) is 4.86. The van der Waals surface area contributed by atoms with Gasteiger partial charge in [-0.25, -0.2) is 4.79 Å². The summed E-state index contributed by atoms with van der Waals surface area (Å²) in [4.78, 5) is 28.2. The van der Waals surface area contributed by atoms with Crippen molar-refractivity contribution in [2.24, 2.45) is 0 Å². The van der Waals surface area contributed by atoms with Crippen molar-refractivity contribution in [2.45, 2.75) is 45.8 Å². The fraction of sp³-hybridized carbons (Fsp3) is 0.257. The van der Waals surface area contributed by atoms with Gasteiger partial charge in [-0.3, -0.25) is 10.1 Å².